The second-order valence-corrected chi connectivity index (χ2v) is 16.9. The number of carbonyl (C=O) groups is 4. The van der Waals surface area contributed by atoms with Crippen LogP contribution in [0.4, 0.5) is 0 Å². The molecule has 7 fully saturated rings. The third-order valence-electron chi connectivity index (χ3n) is 13.4. The van der Waals surface area contributed by atoms with Crippen LogP contribution in [0.3, 0.4) is 0 Å². The quantitative estimate of drug-likeness (QED) is 0.0566. The highest BCUT2D eigenvalue weighted by Crippen LogP contribution is 2.68. The highest BCUT2D eigenvalue weighted by Gasteiger charge is 2.66. The summed E-state index contributed by atoms with van der Waals surface area (Å²) in [5.74, 6) is 4.33. The van der Waals surface area contributed by atoms with Crippen LogP contribution in [-0.4, -0.2) is 61.5 Å². The van der Waals surface area contributed by atoms with E-state index in [1.54, 1.807) is 13.8 Å². The summed E-state index contributed by atoms with van der Waals surface area (Å²) >= 11 is 0. The van der Waals surface area contributed by atoms with Gasteiger partial charge in [-0.15, -0.1) is 0 Å². The third-order valence-corrected chi connectivity index (χ3v) is 13.4. The lowest BCUT2D eigenvalue weighted by Gasteiger charge is -2.40. The first-order chi connectivity index (χ1) is 26.4. The molecule has 0 aromatic rings. The standard InChI is InChI=1S/C20H26O4.C13H16O4.C12H20O2/c1-9(2)19(21)23-15-7-11-5-13(15)17-12-6-14(18(11)17)16(8-12)24-20(22)10(3)4;1-3-12(14)16-10-6-9-5-8(10)7-11(9)17-13(15)4-2;1-3-13-9-11-5-7-12(8-6-11)10-14-4-2/h11-18H,1,3,5-8H2,2,4H3;3-4,8-11H,1-2,5-7H2;3-4,11-12H,1-2,5-10H2. The van der Waals surface area contributed by atoms with Crippen molar-refractivity contribution in [1.29, 1.82) is 0 Å². The zero-order valence-corrected chi connectivity index (χ0v) is 32.9. The maximum atomic E-state index is 11.9. The number of rotatable bonds is 14. The molecule has 6 bridgehead atoms. The van der Waals surface area contributed by atoms with E-state index in [0.29, 0.717) is 70.3 Å². The first-order valence-electron chi connectivity index (χ1n) is 20.2. The van der Waals surface area contributed by atoms with Gasteiger partial charge in [0.25, 0.3) is 0 Å². The summed E-state index contributed by atoms with van der Waals surface area (Å²) in [6.45, 7) is 26.3. The van der Waals surface area contributed by atoms with Crippen molar-refractivity contribution in [3.63, 3.8) is 0 Å². The average molecular weight is 763 g/mol. The molecule has 0 radical (unpaired) electrons. The summed E-state index contributed by atoms with van der Waals surface area (Å²) in [7, 11) is 0. The van der Waals surface area contributed by atoms with Gasteiger partial charge >= 0.3 is 23.9 Å². The van der Waals surface area contributed by atoms with Crippen LogP contribution >= 0.6 is 0 Å². The Bertz CT molecular complexity index is 1370. The van der Waals surface area contributed by atoms with Gasteiger partial charge in [0.05, 0.1) is 25.7 Å². The lowest BCUT2D eigenvalue weighted by Crippen LogP contribution is -2.42. The van der Waals surface area contributed by atoms with Gasteiger partial charge in [-0.1, -0.05) is 39.5 Å². The number of hydrogen-bond donors (Lipinski definition) is 0. The molecule has 10 nitrogen and oxygen atoms in total. The van der Waals surface area contributed by atoms with E-state index in [2.05, 4.69) is 39.5 Å². The number of ether oxygens (including phenoxy) is 6. The first kappa shape index (κ1) is 42.1. The fourth-order valence-electron chi connectivity index (χ4n) is 11.1. The van der Waals surface area contributed by atoms with Gasteiger partial charge in [-0.05, 0) is 144 Å². The molecule has 0 saturated heterocycles. The fraction of sp³-hybridized carbons (Fsp3) is 0.644. The molecule has 12 unspecified atom stereocenters. The summed E-state index contributed by atoms with van der Waals surface area (Å²) in [5, 5.41) is 0. The van der Waals surface area contributed by atoms with Crippen LogP contribution in [-0.2, 0) is 47.6 Å². The first-order valence-corrected chi connectivity index (χ1v) is 20.2. The normalized spacial score (nSPS) is 36.6. The molecular formula is C45H62O10. The summed E-state index contributed by atoms with van der Waals surface area (Å²) in [5.41, 5.74) is 0.961. The molecule has 55 heavy (non-hydrogen) atoms. The van der Waals surface area contributed by atoms with Gasteiger partial charge in [-0.3, -0.25) is 0 Å². The van der Waals surface area contributed by atoms with Crippen LogP contribution in [0.5, 0.6) is 0 Å². The molecule has 0 heterocycles. The Morgan fingerprint density at radius 1 is 0.509 bits per heavy atom. The zero-order chi connectivity index (χ0) is 39.8. The van der Waals surface area contributed by atoms with Crippen molar-refractivity contribution in [3.05, 3.63) is 75.3 Å². The Morgan fingerprint density at radius 3 is 1.18 bits per heavy atom. The van der Waals surface area contributed by atoms with Gasteiger partial charge in [0, 0.05) is 23.3 Å². The summed E-state index contributed by atoms with van der Waals surface area (Å²) in [6.07, 6.45) is 17.3. The topological polar surface area (TPSA) is 124 Å². The van der Waals surface area contributed by atoms with Crippen molar-refractivity contribution in [2.75, 3.05) is 13.2 Å². The van der Waals surface area contributed by atoms with Gasteiger partial charge in [-0.2, -0.15) is 0 Å². The van der Waals surface area contributed by atoms with Gasteiger partial charge in [0.2, 0.25) is 0 Å². The Morgan fingerprint density at radius 2 is 0.873 bits per heavy atom. The molecule has 10 heteroatoms. The molecule has 0 aromatic heterocycles. The Labute approximate surface area is 327 Å². The van der Waals surface area contributed by atoms with E-state index in [1.165, 1.54) is 50.4 Å². The maximum Gasteiger partial charge on any atom is 0.333 e. The van der Waals surface area contributed by atoms with E-state index in [0.717, 1.165) is 58.2 Å². The van der Waals surface area contributed by atoms with Gasteiger partial charge in [0.1, 0.15) is 24.4 Å². The Balaban J connectivity index is 0.000000166. The average Bonchev–Trinajstić information content (AvgIpc) is 4.03. The highest BCUT2D eigenvalue weighted by atomic mass is 16.6. The minimum atomic E-state index is -0.373. The minimum Gasteiger partial charge on any atom is -0.502 e. The van der Waals surface area contributed by atoms with Crippen LogP contribution in [0, 0.1) is 59.2 Å². The number of esters is 4. The van der Waals surface area contributed by atoms with Crippen molar-refractivity contribution >= 4 is 23.9 Å². The molecule has 0 amide bonds. The van der Waals surface area contributed by atoms with Crippen LogP contribution in [0.2, 0.25) is 0 Å². The van der Waals surface area contributed by atoms with Gasteiger partial charge in [0.15, 0.2) is 0 Å². The van der Waals surface area contributed by atoms with E-state index in [1.807, 2.05) is 0 Å². The summed E-state index contributed by atoms with van der Waals surface area (Å²) in [6, 6.07) is 0. The highest BCUT2D eigenvalue weighted by molar-refractivity contribution is 5.87. The zero-order valence-electron chi connectivity index (χ0n) is 32.9. The smallest absolute Gasteiger partial charge is 0.333 e. The van der Waals surface area contributed by atoms with Crippen LogP contribution in [0.1, 0.15) is 84.5 Å². The molecule has 302 valence electrons. The molecule has 0 N–H and O–H groups in total. The van der Waals surface area contributed by atoms with Gasteiger partial charge in [-0.25, -0.2) is 19.2 Å². The van der Waals surface area contributed by atoms with Crippen molar-refractivity contribution in [3.8, 4) is 0 Å². The van der Waals surface area contributed by atoms with E-state index in [-0.39, 0.29) is 48.3 Å². The van der Waals surface area contributed by atoms with Crippen molar-refractivity contribution < 1.29 is 47.6 Å². The molecule has 7 aliphatic carbocycles. The molecule has 7 saturated carbocycles. The second-order valence-electron chi connectivity index (χ2n) is 16.9. The van der Waals surface area contributed by atoms with Crippen molar-refractivity contribution in [2.45, 2.75) is 109 Å². The second kappa shape index (κ2) is 19.2. The SMILES string of the molecule is C=C(C)C(=O)OC1CC2CC1C1C3CC(OC(=O)C(=C)C)C(C3)C21.C=CC(=O)OC1CC2CC1CC2OC(=O)C=C.C=COCC1CCC(COC=C)CC1. The predicted octanol–water partition coefficient (Wildman–Crippen LogP) is 8.00. The van der Waals surface area contributed by atoms with Gasteiger partial charge < -0.3 is 28.4 Å². The van der Waals surface area contributed by atoms with Crippen LogP contribution < -0.4 is 0 Å². The van der Waals surface area contributed by atoms with Crippen LogP contribution in [0.15, 0.2) is 75.3 Å². The molecular weight excluding hydrogens is 700 g/mol. The largest absolute Gasteiger partial charge is 0.502 e. The minimum absolute atomic E-state index is 0.0378. The number of carbonyl (C=O) groups excluding carboxylic acids is 4. The lowest BCUT2D eigenvalue weighted by molar-refractivity contribution is -0.154. The predicted molar refractivity (Wildman–Crippen MR) is 208 cm³/mol. The summed E-state index contributed by atoms with van der Waals surface area (Å²) in [4.78, 5) is 46.0. The Hall–Kier alpha value is -4.08. The monoisotopic (exact) mass is 762 g/mol. The molecule has 0 spiro atoms. The van der Waals surface area contributed by atoms with E-state index in [4.69, 9.17) is 28.4 Å². The molecule has 7 rings (SSSR count). The van der Waals surface area contributed by atoms with Crippen molar-refractivity contribution in [1.82, 2.24) is 0 Å². The Kier molecular flexibility index (Phi) is 14.7. The molecule has 0 aliphatic heterocycles. The maximum absolute atomic E-state index is 11.9. The fourth-order valence-corrected chi connectivity index (χ4v) is 11.1. The number of fused-ring (bicyclic) bond motifs is 11. The van der Waals surface area contributed by atoms with Crippen LogP contribution in [0.25, 0.3) is 0 Å². The van der Waals surface area contributed by atoms with Crippen molar-refractivity contribution in [2.24, 2.45) is 59.2 Å². The lowest BCUT2D eigenvalue weighted by atomic mass is 9.69. The molecule has 7 aliphatic rings. The summed E-state index contributed by atoms with van der Waals surface area (Å²) < 4.78 is 32.3. The number of hydrogen-bond acceptors (Lipinski definition) is 10. The van der Waals surface area contributed by atoms with E-state index >= 15 is 0 Å². The molecule has 12 atom stereocenters. The van der Waals surface area contributed by atoms with E-state index in [9.17, 15) is 19.2 Å². The third kappa shape index (κ3) is 10.2. The van der Waals surface area contributed by atoms with E-state index < -0.39 is 0 Å². The molecule has 0 aromatic carbocycles.